The van der Waals surface area contributed by atoms with Crippen LogP contribution in [0.15, 0.2) is 4.79 Å². The van der Waals surface area contributed by atoms with Gasteiger partial charge in [0.15, 0.2) is 0 Å². The zero-order valence-corrected chi connectivity index (χ0v) is 14.5. The van der Waals surface area contributed by atoms with Crippen LogP contribution in [0.5, 0.6) is 0 Å². The Balaban J connectivity index is 1.69. The van der Waals surface area contributed by atoms with E-state index < -0.39 is 0 Å². The number of nitrogens with zero attached hydrogens (tertiary/aromatic N) is 4. The fraction of sp³-hybridized carbons (Fsp3) is 0.824. The third-order valence-electron chi connectivity index (χ3n) is 5.40. The van der Waals surface area contributed by atoms with Crippen LogP contribution in [0.3, 0.4) is 0 Å². The van der Waals surface area contributed by atoms with E-state index in [1.54, 1.807) is 7.05 Å². The Morgan fingerprint density at radius 1 is 1.17 bits per heavy atom. The van der Waals surface area contributed by atoms with Crippen LogP contribution in [0.1, 0.15) is 70.2 Å². The molecule has 128 valence electrons. The highest BCUT2D eigenvalue weighted by Gasteiger charge is 2.34. The minimum absolute atomic E-state index is 0.0121. The minimum Gasteiger partial charge on any atom is -0.342 e. The Hall–Kier alpha value is -1.59. The first kappa shape index (κ1) is 16.3. The van der Waals surface area contributed by atoms with Gasteiger partial charge in [0.1, 0.15) is 5.82 Å². The van der Waals surface area contributed by atoms with Gasteiger partial charge in [-0.05, 0) is 38.5 Å². The highest BCUT2D eigenvalue weighted by molar-refractivity contribution is 5.78. The van der Waals surface area contributed by atoms with Crippen LogP contribution in [0.25, 0.3) is 0 Å². The van der Waals surface area contributed by atoms with Gasteiger partial charge < -0.3 is 4.90 Å². The first-order valence-electron chi connectivity index (χ1n) is 9.01. The smallest absolute Gasteiger partial charge is 0.342 e. The molecule has 0 radical (unpaired) electrons. The molecule has 2 aliphatic rings. The van der Waals surface area contributed by atoms with Crippen molar-refractivity contribution in [2.24, 2.45) is 13.0 Å². The largest absolute Gasteiger partial charge is 0.345 e. The second-order valence-corrected chi connectivity index (χ2v) is 6.98. The highest BCUT2D eigenvalue weighted by atomic mass is 16.2. The number of carbonyl (C=O) groups is 1. The Bertz CT molecular complexity index is 617. The molecule has 23 heavy (non-hydrogen) atoms. The van der Waals surface area contributed by atoms with E-state index in [9.17, 15) is 9.59 Å². The number of rotatable bonds is 5. The molecule has 3 rings (SSSR count). The number of aromatic nitrogens is 3. The molecule has 1 saturated heterocycles. The van der Waals surface area contributed by atoms with E-state index in [-0.39, 0.29) is 11.6 Å². The van der Waals surface area contributed by atoms with Crippen LogP contribution in [0.2, 0.25) is 0 Å². The molecular weight excluding hydrogens is 292 g/mol. The number of carbonyl (C=O) groups excluding carboxylic acids is 1. The Kier molecular flexibility index (Phi) is 4.60. The fourth-order valence-corrected chi connectivity index (χ4v) is 3.71. The number of aryl methyl sites for hydroxylation is 1. The summed E-state index contributed by atoms with van der Waals surface area (Å²) in [4.78, 5) is 26.8. The average molecular weight is 320 g/mol. The summed E-state index contributed by atoms with van der Waals surface area (Å²) < 4.78 is 3.37. The van der Waals surface area contributed by atoms with Gasteiger partial charge in [-0.3, -0.25) is 9.36 Å². The molecule has 1 amide bonds. The van der Waals surface area contributed by atoms with Crippen molar-refractivity contribution in [2.75, 3.05) is 13.1 Å². The van der Waals surface area contributed by atoms with Crippen molar-refractivity contribution in [3.8, 4) is 0 Å². The summed E-state index contributed by atoms with van der Waals surface area (Å²) in [6.07, 6.45) is 5.83. The lowest BCUT2D eigenvalue weighted by atomic mass is 9.93. The molecule has 1 saturated carbocycles. The second-order valence-electron chi connectivity index (χ2n) is 6.98. The first-order chi connectivity index (χ1) is 11.1. The van der Waals surface area contributed by atoms with Crippen LogP contribution in [0, 0.1) is 5.92 Å². The molecular formula is C17H28N4O2. The lowest BCUT2D eigenvalue weighted by Crippen LogP contribution is -2.41. The predicted octanol–water partition coefficient (Wildman–Crippen LogP) is 2.06. The third-order valence-corrected chi connectivity index (χ3v) is 5.40. The summed E-state index contributed by atoms with van der Waals surface area (Å²) in [6.45, 7) is 5.74. The van der Waals surface area contributed by atoms with E-state index in [4.69, 9.17) is 0 Å². The maximum absolute atomic E-state index is 12.5. The Labute approximate surface area is 137 Å². The number of piperidine rings is 1. The van der Waals surface area contributed by atoms with Crippen LogP contribution < -0.4 is 5.69 Å². The number of amides is 1. The minimum atomic E-state index is 0.0121. The lowest BCUT2D eigenvalue weighted by Gasteiger charge is -2.33. The average Bonchev–Trinajstić information content (AvgIpc) is 3.35. The zero-order chi connectivity index (χ0) is 16.6. The number of hydrogen-bond acceptors (Lipinski definition) is 3. The molecule has 0 spiro atoms. The third kappa shape index (κ3) is 3.08. The number of likely N-dealkylation sites (tertiary alicyclic amines) is 1. The summed E-state index contributed by atoms with van der Waals surface area (Å²) in [5, 5.41) is 4.50. The van der Waals surface area contributed by atoms with Gasteiger partial charge in [-0.1, -0.05) is 13.8 Å². The molecule has 0 N–H and O–H groups in total. The lowest BCUT2D eigenvalue weighted by molar-refractivity contribution is -0.136. The van der Waals surface area contributed by atoms with E-state index in [1.807, 2.05) is 9.47 Å². The normalized spacial score (nSPS) is 19.6. The number of hydrogen-bond donors (Lipinski definition) is 0. The molecule has 0 bridgehead atoms. The van der Waals surface area contributed by atoms with Crippen LogP contribution in [0.4, 0.5) is 0 Å². The van der Waals surface area contributed by atoms with Gasteiger partial charge in [-0.15, -0.1) is 0 Å². The molecule has 0 aromatic carbocycles. The van der Waals surface area contributed by atoms with Gasteiger partial charge >= 0.3 is 5.69 Å². The van der Waals surface area contributed by atoms with E-state index in [0.717, 1.165) is 57.4 Å². The van der Waals surface area contributed by atoms with Crippen molar-refractivity contribution in [2.45, 2.75) is 64.3 Å². The van der Waals surface area contributed by atoms with Gasteiger partial charge in [0.05, 0.1) is 0 Å². The van der Waals surface area contributed by atoms with Crippen molar-refractivity contribution >= 4 is 5.91 Å². The second kappa shape index (κ2) is 6.49. The molecule has 0 unspecified atom stereocenters. The van der Waals surface area contributed by atoms with Crippen molar-refractivity contribution in [1.82, 2.24) is 19.2 Å². The molecule has 1 aromatic heterocycles. The van der Waals surface area contributed by atoms with Crippen molar-refractivity contribution in [1.29, 1.82) is 0 Å². The summed E-state index contributed by atoms with van der Waals surface area (Å²) in [6, 6.07) is 0.357. The predicted molar refractivity (Wildman–Crippen MR) is 88.4 cm³/mol. The molecule has 2 fully saturated rings. The topological polar surface area (TPSA) is 60.1 Å². The quantitative estimate of drug-likeness (QED) is 0.834. The van der Waals surface area contributed by atoms with Crippen LogP contribution in [-0.2, 0) is 11.8 Å². The zero-order valence-electron chi connectivity index (χ0n) is 14.5. The summed E-state index contributed by atoms with van der Waals surface area (Å²) in [5.74, 6) is 1.70. The molecule has 1 aliphatic heterocycles. The Morgan fingerprint density at radius 2 is 1.78 bits per heavy atom. The molecule has 1 aliphatic carbocycles. The van der Waals surface area contributed by atoms with E-state index in [1.165, 1.54) is 4.68 Å². The highest BCUT2D eigenvalue weighted by Crippen LogP contribution is 2.37. The summed E-state index contributed by atoms with van der Waals surface area (Å²) in [5.41, 5.74) is 0.0121. The first-order valence-corrected chi connectivity index (χ1v) is 9.01. The standard InChI is InChI=1S/C17H28N4O2/c1-4-12(5-2)16(22)20-10-8-13(9-11-20)15-18-19(3)17(23)21(15)14-6-7-14/h12-14H,4-11H2,1-3H3. The van der Waals surface area contributed by atoms with Gasteiger partial charge in [0.2, 0.25) is 5.91 Å². The van der Waals surface area contributed by atoms with Gasteiger partial charge in [-0.25, -0.2) is 9.48 Å². The molecule has 6 heteroatoms. The van der Waals surface area contributed by atoms with Gasteiger partial charge in [0, 0.05) is 38.0 Å². The van der Waals surface area contributed by atoms with Crippen molar-refractivity contribution in [3.63, 3.8) is 0 Å². The van der Waals surface area contributed by atoms with E-state index in [2.05, 4.69) is 18.9 Å². The van der Waals surface area contributed by atoms with Crippen LogP contribution >= 0.6 is 0 Å². The van der Waals surface area contributed by atoms with E-state index >= 15 is 0 Å². The fourth-order valence-electron chi connectivity index (χ4n) is 3.71. The SMILES string of the molecule is CCC(CC)C(=O)N1CCC(c2nn(C)c(=O)n2C2CC2)CC1. The van der Waals surface area contributed by atoms with E-state index in [0.29, 0.717) is 17.9 Å². The maximum Gasteiger partial charge on any atom is 0.345 e. The maximum atomic E-state index is 12.5. The van der Waals surface area contributed by atoms with Gasteiger partial charge in [-0.2, -0.15) is 5.10 Å². The molecule has 1 aromatic rings. The summed E-state index contributed by atoms with van der Waals surface area (Å²) >= 11 is 0. The Morgan fingerprint density at radius 3 is 2.30 bits per heavy atom. The summed E-state index contributed by atoms with van der Waals surface area (Å²) in [7, 11) is 1.73. The van der Waals surface area contributed by atoms with Crippen molar-refractivity contribution in [3.05, 3.63) is 16.3 Å². The molecule has 0 atom stereocenters. The molecule has 2 heterocycles. The van der Waals surface area contributed by atoms with Crippen molar-refractivity contribution < 1.29 is 4.79 Å². The van der Waals surface area contributed by atoms with Gasteiger partial charge in [0.25, 0.3) is 0 Å². The van der Waals surface area contributed by atoms with Crippen LogP contribution in [-0.4, -0.2) is 38.2 Å². The monoisotopic (exact) mass is 320 g/mol. The molecule has 6 nitrogen and oxygen atoms in total.